The van der Waals surface area contributed by atoms with Gasteiger partial charge in [0.1, 0.15) is 5.82 Å². The summed E-state index contributed by atoms with van der Waals surface area (Å²) in [4.78, 5) is 6.88. The van der Waals surface area contributed by atoms with Gasteiger partial charge >= 0.3 is 0 Å². The molecule has 2 fully saturated rings. The van der Waals surface area contributed by atoms with E-state index in [1.165, 1.54) is 12.1 Å². The normalized spacial score (nSPS) is 24.1. The van der Waals surface area contributed by atoms with Crippen LogP contribution >= 0.6 is 0 Å². The first-order valence-corrected chi connectivity index (χ1v) is 7.57. The molecule has 0 saturated carbocycles. The molecule has 2 saturated heterocycles. The maximum Gasteiger partial charge on any atom is 0.128 e. The molecule has 0 bridgehead atoms. The molecule has 3 heterocycles. The van der Waals surface area contributed by atoms with Crippen LogP contribution in [0.5, 0.6) is 0 Å². The minimum atomic E-state index is 0.495. The predicted octanol–water partition coefficient (Wildman–Crippen LogP) is 1.47. The summed E-state index contributed by atoms with van der Waals surface area (Å²) in [6.07, 6.45) is 5.25. The third kappa shape index (κ3) is 3.22. The summed E-state index contributed by atoms with van der Waals surface area (Å²) in [6, 6.07) is 5.38. The van der Waals surface area contributed by atoms with E-state index >= 15 is 0 Å². The van der Waals surface area contributed by atoms with Crippen LogP contribution in [0.4, 0.5) is 11.5 Å². The Labute approximate surface area is 120 Å². The first-order valence-electron chi connectivity index (χ1n) is 7.57. The van der Waals surface area contributed by atoms with Crippen molar-refractivity contribution in [2.45, 2.75) is 31.3 Å². The molecular weight excluding hydrogens is 252 g/mol. The van der Waals surface area contributed by atoms with Gasteiger partial charge in [0.2, 0.25) is 0 Å². The van der Waals surface area contributed by atoms with Gasteiger partial charge in [-0.15, -0.1) is 0 Å². The van der Waals surface area contributed by atoms with Crippen LogP contribution in [0.1, 0.15) is 19.3 Å². The summed E-state index contributed by atoms with van der Waals surface area (Å²) in [5, 5.41) is 6.89. The third-order valence-corrected chi connectivity index (χ3v) is 4.28. The van der Waals surface area contributed by atoms with E-state index in [1.807, 2.05) is 13.2 Å². The summed E-state index contributed by atoms with van der Waals surface area (Å²) < 4.78 is 5.39. The fourth-order valence-electron chi connectivity index (χ4n) is 2.98. The van der Waals surface area contributed by atoms with E-state index in [2.05, 4.69) is 32.7 Å². The van der Waals surface area contributed by atoms with Gasteiger partial charge in [-0.1, -0.05) is 0 Å². The van der Waals surface area contributed by atoms with Crippen LogP contribution in [0.25, 0.3) is 0 Å². The van der Waals surface area contributed by atoms with E-state index in [-0.39, 0.29) is 0 Å². The number of pyridine rings is 1. The molecule has 5 heteroatoms. The number of ether oxygens (including phenoxy) is 1. The van der Waals surface area contributed by atoms with Crippen molar-refractivity contribution in [3.63, 3.8) is 0 Å². The molecule has 2 aliphatic rings. The number of nitrogens with zero attached hydrogens (tertiary/aromatic N) is 2. The number of rotatable bonds is 4. The highest BCUT2D eigenvalue weighted by Crippen LogP contribution is 2.23. The molecule has 5 nitrogen and oxygen atoms in total. The molecule has 3 rings (SSSR count). The van der Waals surface area contributed by atoms with Gasteiger partial charge in [-0.3, -0.25) is 0 Å². The molecular formula is C15H24N4O. The van der Waals surface area contributed by atoms with Gasteiger partial charge in [-0.2, -0.15) is 0 Å². The van der Waals surface area contributed by atoms with Crippen molar-refractivity contribution in [3.05, 3.63) is 18.3 Å². The topological polar surface area (TPSA) is 49.4 Å². The molecule has 110 valence electrons. The molecule has 2 N–H and O–H groups in total. The number of anilines is 2. The summed E-state index contributed by atoms with van der Waals surface area (Å²) in [5.41, 5.74) is 1.27. The zero-order valence-corrected chi connectivity index (χ0v) is 12.1. The average Bonchev–Trinajstić information content (AvgIpc) is 2.98. The minimum Gasteiger partial charge on any atom is -0.381 e. The Hall–Kier alpha value is -1.33. The zero-order chi connectivity index (χ0) is 13.8. The minimum absolute atomic E-state index is 0.495. The standard InChI is InChI=1S/C15H24N4O/c1-16-13-3-7-19(11-13)14-2-6-17-15(10-14)18-12-4-8-20-9-5-12/h2,6,10,12-13,16H,3-5,7-9,11H2,1H3,(H,17,18)/t13-/m1/s1. The van der Waals surface area contributed by atoms with Crippen LogP contribution in [-0.4, -0.2) is 50.4 Å². The number of nitrogens with one attached hydrogen (secondary N) is 2. The van der Waals surface area contributed by atoms with Crippen molar-refractivity contribution in [2.24, 2.45) is 0 Å². The lowest BCUT2D eigenvalue weighted by Gasteiger charge is -2.24. The fraction of sp³-hybridized carbons (Fsp3) is 0.667. The van der Waals surface area contributed by atoms with Gasteiger partial charge in [0.05, 0.1) is 0 Å². The van der Waals surface area contributed by atoms with E-state index in [1.54, 1.807) is 0 Å². The number of hydrogen-bond donors (Lipinski definition) is 2. The maximum atomic E-state index is 5.39. The lowest BCUT2D eigenvalue weighted by Crippen LogP contribution is -2.30. The summed E-state index contributed by atoms with van der Waals surface area (Å²) in [7, 11) is 2.04. The molecule has 1 aromatic heterocycles. The van der Waals surface area contributed by atoms with Crippen molar-refractivity contribution < 1.29 is 4.74 Å². The second kappa shape index (κ2) is 6.41. The van der Waals surface area contributed by atoms with Gasteiger partial charge in [-0.05, 0) is 32.4 Å². The van der Waals surface area contributed by atoms with Gasteiger partial charge in [0, 0.05) is 56.3 Å². The molecule has 2 aliphatic heterocycles. The lowest BCUT2D eigenvalue weighted by atomic mass is 10.1. The highest BCUT2D eigenvalue weighted by atomic mass is 16.5. The zero-order valence-electron chi connectivity index (χ0n) is 12.1. The second-order valence-electron chi connectivity index (χ2n) is 5.65. The van der Waals surface area contributed by atoms with Gasteiger partial charge in [0.25, 0.3) is 0 Å². The SMILES string of the molecule is CN[C@@H]1CCN(c2ccnc(NC3CCOCC3)c2)C1. The van der Waals surface area contributed by atoms with Crippen LogP contribution in [0.15, 0.2) is 18.3 Å². The van der Waals surface area contributed by atoms with E-state index in [0.29, 0.717) is 12.1 Å². The third-order valence-electron chi connectivity index (χ3n) is 4.28. The van der Waals surface area contributed by atoms with E-state index in [9.17, 15) is 0 Å². The molecule has 0 radical (unpaired) electrons. The van der Waals surface area contributed by atoms with E-state index in [4.69, 9.17) is 4.74 Å². The van der Waals surface area contributed by atoms with Crippen LogP contribution in [0.2, 0.25) is 0 Å². The Morgan fingerprint density at radius 2 is 2.10 bits per heavy atom. The Kier molecular flexibility index (Phi) is 4.38. The quantitative estimate of drug-likeness (QED) is 0.872. The van der Waals surface area contributed by atoms with Crippen molar-refractivity contribution in [1.82, 2.24) is 10.3 Å². The maximum absolute atomic E-state index is 5.39. The number of hydrogen-bond acceptors (Lipinski definition) is 5. The molecule has 0 aromatic carbocycles. The number of aromatic nitrogens is 1. The average molecular weight is 276 g/mol. The molecule has 0 amide bonds. The summed E-state index contributed by atoms with van der Waals surface area (Å²) in [6.45, 7) is 3.91. The fourth-order valence-corrected chi connectivity index (χ4v) is 2.98. The molecule has 0 spiro atoms. The highest BCUT2D eigenvalue weighted by molar-refractivity contribution is 5.55. The van der Waals surface area contributed by atoms with Crippen molar-refractivity contribution in [3.8, 4) is 0 Å². The molecule has 1 atom stereocenters. The Morgan fingerprint density at radius 1 is 1.25 bits per heavy atom. The summed E-state index contributed by atoms with van der Waals surface area (Å²) >= 11 is 0. The Balaban J connectivity index is 1.63. The summed E-state index contributed by atoms with van der Waals surface area (Å²) in [5.74, 6) is 0.988. The van der Waals surface area contributed by atoms with Crippen LogP contribution in [-0.2, 0) is 4.74 Å². The van der Waals surface area contributed by atoms with Crippen LogP contribution in [0, 0.1) is 0 Å². The molecule has 0 aliphatic carbocycles. The van der Waals surface area contributed by atoms with Gasteiger partial charge in [-0.25, -0.2) is 4.98 Å². The van der Waals surface area contributed by atoms with E-state index < -0.39 is 0 Å². The highest BCUT2D eigenvalue weighted by Gasteiger charge is 2.21. The predicted molar refractivity (Wildman–Crippen MR) is 81.4 cm³/mol. The molecule has 0 unspecified atom stereocenters. The first-order chi connectivity index (χ1) is 9.85. The van der Waals surface area contributed by atoms with Crippen molar-refractivity contribution in [1.29, 1.82) is 0 Å². The van der Waals surface area contributed by atoms with Crippen LogP contribution in [0.3, 0.4) is 0 Å². The smallest absolute Gasteiger partial charge is 0.128 e. The lowest BCUT2D eigenvalue weighted by molar-refractivity contribution is 0.0904. The monoisotopic (exact) mass is 276 g/mol. The molecule has 20 heavy (non-hydrogen) atoms. The first kappa shape index (κ1) is 13.6. The number of likely N-dealkylation sites (N-methyl/N-ethyl adjacent to an activating group) is 1. The van der Waals surface area contributed by atoms with Crippen molar-refractivity contribution >= 4 is 11.5 Å². The Morgan fingerprint density at radius 3 is 2.85 bits per heavy atom. The van der Waals surface area contributed by atoms with Crippen LogP contribution < -0.4 is 15.5 Å². The van der Waals surface area contributed by atoms with Gasteiger partial charge < -0.3 is 20.3 Å². The van der Waals surface area contributed by atoms with Crippen molar-refractivity contribution in [2.75, 3.05) is 43.6 Å². The Bertz CT molecular complexity index is 434. The second-order valence-corrected chi connectivity index (χ2v) is 5.65. The van der Waals surface area contributed by atoms with E-state index in [0.717, 1.165) is 45.0 Å². The largest absolute Gasteiger partial charge is 0.381 e. The van der Waals surface area contributed by atoms with Gasteiger partial charge in [0.15, 0.2) is 0 Å². The molecule has 1 aromatic rings.